The van der Waals surface area contributed by atoms with Gasteiger partial charge in [-0.2, -0.15) is 0 Å². The van der Waals surface area contributed by atoms with Gasteiger partial charge in [0, 0.05) is 23.2 Å². The monoisotopic (exact) mass is 492 g/mol. The van der Waals surface area contributed by atoms with Crippen molar-refractivity contribution in [3.63, 3.8) is 0 Å². The molecule has 0 saturated heterocycles. The highest BCUT2D eigenvalue weighted by atomic mass is 79.9. The Morgan fingerprint density at radius 2 is 1.78 bits per heavy atom. The Balaban J connectivity index is 1.64. The van der Waals surface area contributed by atoms with E-state index in [2.05, 4.69) is 21.2 Å². The zero-order chi connectivity index (χ0) is 22.7. The molecule has 1 aliphatic rings. The smallest absolute Gasteiger partial charge is 0.223 e. The van der Waals surface area contributed by atoms with Gasteiger partial charge in [0.15, 0.2) is 0 Å². The second-order valence-corrected chi connectivity index (χ2v) is 8.58. The minimum atomic E-state index is -0.656. The van der Waals surface area contributed by atoms with E-state index in [9.17, 15) is 14.0 Å². The lowest BCUT2D eigenvalue weighted by atomic mass is 9.93. The van der Waals surface area contributed by atoms with E-state index in [1.807, 2.05) is 60.7 Å². The molecule has 32 heavy (non-hydrogen) atoms. The van der Waals surface area contributed by atoms with Crippen molar-refractivity contribution in [3.05, 3.63) is 112 Å². The van der Waals surface area contributed by atoms with Crippen LogP contribution in [0.5, 0.6) is 0 Å². The lowest BCUT2D eigenvalue weighted by Crippen LogP contribution is -2.36. The normalized spacial score (nSPS) is 15.7. The number of halogens is 2. The minimum absolute atomic E-state index is 0.0580. The second kappa shape index (κ2) is 9.49. The van der Waals surface area contributed by atoms with Crippen molar-refractivity contribution in [1.82, 2.24) is 10.2 Å². The Morgan fingerprint density at radius 1 is 1.06 bits per heavy atom. The maximum Gasteiger partial charge on any atom is 0.223 e. The number of nitrogens with zero attached hydrogens (tertiary/aromatic N) is 1. The third kappa shape index (κ3) is 4.65. The first kappa shape index (κ1) is 22.0. The fraction of sp³-hybridized carbons (Fsp3) is 0.154. The third-order valence-corrected chi connectivity index (χ3v) is 6.05. The van der Waals surface area contributed by atoms with Crippen LogP contribution in [-0.4, -0.2) is 16.7 Å². The highest BCUT2D eigenvalue weighted by Crippen LogP contribution is 2.33. The molecule has 0 fully saturated rings. The SMILES string of the molecule is CC(=O)N1C=Cc2ccccc2C1CC(=O)NC(c1ccccc1)c1ccc(Br)cc1F. The van der Waals surface area contributed by atoms with Gasteiger partial charge in [-0.25, -0.2) is 4.39 Å². The fourth-order valence-electron chi connectivity index (χ4n) is 4.03. The molecule has 6 heteroatoms. The van der Waals surface area contributed by atoms with Gasteiger partial charge in [0.1, 0.15) is 5.82 Å². The van der Waals surface area contributed by atoms with Gasteiger partial charge < -0.3 is 10.2 Å². The molecule has 4 nitrogen and oxygen atoms in total. The molecular weight excluding hydrogens is 471 g/mol. The number of carbonyl (C=O) groups excluding carboxylic acids is 2. The Kier molecular flexibility index (Phi) is 6.51. The second-order valence-electron chi connectivity index (χ2n) is 7.67. The topological polar surface area (TPSA) is 49.4 Å². The van der Waals surface area contributed by atoms with E-state index in [0.29, 0.717) is 10.0 Å². The van der Waals surface area contributed by atoms with Crippen molar-refractivity contribution < 1.29 is 14.0 Å². The first-order valence-electron chi connectivity index (χ1n) is 10.3. The van der Waals surface area contributed by atoms with Crippen LogP contribution in [0.3, 0.4) is 0 Å². The van der Waals surface area contributed by atoms with Crippen molar-refractivity contribution >= 4 is 33.8 Å². The molecule has 0 saturated carbocycles. The highest BCUT2D eigenvalue weighted by Gasteiger charge is 2.29. The predicted molar refractivity (Wildman–Crippen MR) is 126 cm³/mol. The van der Waals surface area contributed by atoms with Gasteiger partial charge in [0.2, 0.25) is 11.8 Å². The summed E-state index contributed by atoms with van der Waals surface area (Å²) in [7, 11) is 0. The molecule has 2 amide bonds. The zero-order valence-electron chi connectivity index (χ0n) is 17.5. The van der Waals surface area contributed by atoms with Gasteiger partial charge in [-0.15, -0.1) is 0 Å². The zero-order valence-corrected chi connectivity index (χ0v) is 19.1. The molecule has 4 rings (SSSR count). The third-order valence-electron chi connectivity index (χ3n) is 5.56. The summed E-state index contributed by atoms with van der Waals surface area (Å²) in [5.41, 5.74) is 3.03. The standard InChI is InChI=1S/C26H22BrFN2O2/c1-17(31)30-14-13-18-7-5-6-10-21(18)24(30)16-25(32)29-26(19-8-3-2-4-9-19)22-12-11-20(27)15-23(22)28/h2-15,24,26H,16H2,1H3,(H,29,32). The quantitative estimate of drug-likeness (QED) is 0.492. The summed E-state index contributed by atoms with van der Waals surface area (Å²) in [5.74, 6) is -0.834. The van der Waals surface area contributed by atoms with E-state index in [4.69, 9.17) is 0 Å². The Hall–Kier alpha value is -3.25. The summed E-state index contributed by atoms with van der Waals surface area (Å²) in [6.07, 6.45) is 3.64. The molecule has 162 valence electrons. The number of fused-ring (bicyclic) bond motifs is 1. The van der Waals surface area contributed by atoms with E-state index in [1.54, 1.807) is 23.2 Å². The lowest BCUT2D eigenvalue weighted by Gasteiger charge is -2.33. The van der Waals surface area contributed by atoms with Crippen LogP contribution in [0.4, 0.5) is 4.39 Å². The Labute approximate surface area is 194 Å². The van der Waals surface area contributed by atoms with Gasteiger partial charge in [0.05, 0.1) is 18.5 Å². The molecule has 1 aliphatic heterocycles. The van der Waals surface area contributed by atoms with Crippen LogP contribution in [0, 0.1) is 5.82 Å². The van der Waals surface area contributed by atoms with Gasteiger partial charge in [0.25, 0.3) is 0 Å². The molecule has 3 aromatic carbocycles. The number of carbonyl (C=O) groups is 2. The van der Waals surface area contributed by atoms with Gasteiger partial charge in [-0.1, -0.05) is 76.6 Å². The van der Waals surface area contributed by atoms with Crippen LogP contribution in [0.25, 0.3) is 6.08 Å². The Morgan fingerprint density at radius 3 is 2.50 bits per heavy atom. The van der Waals surface area contributed by atoms with Crippen LogP contribution >= 0.6 is 15.9 Å². The fourth-order valence-corrected chi connectivity index (χ4v) is 4.36. The van der Waals surface area contributed by atoms with E-state index in [0.717, 1.165) is 16.7 Å². The first-order chi connectivity index (χ1) is 15.4. The molecule has 0 spiro atoms. The van der Waals surface area contributed by atoms with Crippen LogP contribution < -0.4 is 5.32 Å². The molecule has 3 aromatic rings. The highest BCUT2D eigenvalue weighted by molar-refractivity contribution is 9.10. The molecule has 0 aromatic heterocycles. The summed E-state index contributed by atoms with van der Waals surface area (Å²) >= 11 is 3.28. The molecule has 2 atom stereocenters. The van der Waals surface area contributed by atoms with Crippen molar-refractivity contribution in [1.29, 1.82) is 0 Å². The number of benzene rings is 3. The summed E-state index contributed by atoms with van der Waals surface area (Å²) in [6.45, 7) is 1.48. The van der Waals surface area contributed by atoms with E-state index in [1.165, 1.54) is 13.0 Å². The van der Waals surface area contributed by atoms with E-state index >= 15 is 0 Å². The maximum absolute atomic E-state index is 14.8. The van der Waals surface area contributed by atoms with Gasteiger partial charge in [-0.05, 0) is 34.9 Å². The number of hydrogen-bond acceptors (Lipinski definition) is 2. The van der Waals surface area contributed by atoms with Crippen LogP contribution in [0.15, 0.2) is 83.5 Å². The van der Waals surface area contributed by atoms with Crippen molar-refractivity contribution in [2.75, 3.05) is 0 Å². The average molecular weight is 493 g/mol. The molecule has 2 unspecified atom stereocenters. The Bertz CT molecular complexity index is 1180. The molecule has 1 heterocycles. The number of hydrogen-bond donors (Lipinski definition) is 1. The van der Waals surface area contributed by atoms with Crippen molar-refractivity contribution in [3.8, 4) is 0 Å². The average Bonchev–Trinajstić information content (AvgIpc) is 2.78. The molecule has 1 N–H and O–H groups in total. The van der Waals surface area contributed by atoms with Crippen molar-refractivity contribution in [2.24, 2.45) is 0 Å². The molecular formula is C26H22BrFN2O2. The first-order valence-corrected chi connectivity index (χ1v) is 11.1. The molecule has 0 aliphatic carbocycles. The lowest BCUT2D eigenvalue weighted by molar-refractivity contribution is -0.130. The summed E-state index contributed by atoms with van der Waals surface area (Å²) in [6, 6.07) is 20.7. The van der Waals surface area contributed by atoms with Crippen LogP contribution in [0.1, 0.15) is 47.7 Å². The maximum atomic E-state index is 14.8. The summed E-state index contributed by atoms with van der Waals surface area (Å²) in [5, 5.41) is 2.99. The number of nitrogens with one attached hydrogen (secondary N) is 1. The number of rotatable bonds is 5. The number of amides is 2. The summed E-state index contributed by atoms with van der Waals surface area (Å²) in [4.78, 5) is 27.0. The summed E-state index contributed by atoms with van der Waals surface area (Å²) < 4.78 is 15.4. The predicted octanol–water partition coefficient (Wildman–Crippen LogP) is 5.76. The minimum Gasteiger partial charge on any atom is -0.345 e. The van der Waals surface area contributed by atoms with Crippen molar-refractivity contribution in [2.45, 2.75) is 25.4 Å². The molecule has 0 bridgehead atoms. The van der Waals surface area contributed by atoms with Gasteiger partial charge in [-0.3, -0.25) is 9.59 Å². The van der Waals surface area contributed by atoms with E-state index in [-0.39, 0.29) is 18.2 Å². The molecule has 0 radical (unpaired) electrons. The van der Waals surface area contributed by atoms with E-state index < -0.39 is 17.9 Å². The van der Waals surface area contributed by atoms with Gasteiger partial charge >= 0.3 is 0 Å². The van der Waals surface area contributed by atoms with Crippen LogP contribution in [-0.2, 0) is 9.59 Å². The largest absolute Gasteiger partial charge is 0.345 e. The van der Waals surface area contributed by atoms with Crippen LogP contribution in [0.2, 0.25) is 0 Å².